The molecule has 4 atom stereocenters. The van der Waals surface area contributed by atoms with Gasteiger partial charge >= 0.3 is 0 Å². The summed E-state index contributed by atoms with van der Waals surface area (Å²) in [5, 5.41) is 6.11. The van der Waals surface area contributed by atoms with E-state index in [1.54, 1.807) is 11.3 Å². The van der Waals surface area contributed by atoms with Gasteiger partial charge < -0.3 is 5.32 Å². The van der Waals surface area contributed by atoms with Crippen molar-refractivity contribution in [2.45, 2.75) is 46.6 Å². The standard InChI is InChI=1S/C22H26N4OS/c1-12-14-9-22(4,21(14,2)3)10-17(12)25-20-24-16(19(27)26-20)7-13-5-6-15-18(8-13)28-11-23-15/h5-8,11-12,14,17H,9-10H2,1-4H3,(H2,24,25,26,27)/b16-7-/t12-,14-,17-,22+/m1/s1. The van der Waals surface area contributed by atoms with Crippen LogP contribution in [0, 0.1) is 22.7 Å². The lowest BCUT2D eigenvalue weighted by Gasteiger charge is -2.68. The molecule has 5 nitrogen and oxygen atoms in total. The monoisotopic (exact) mass is 394 g/mol. The highest BCUT2D eigenvalue weighted by atomic mass is 32.1. The lowest BCUT2D eigenvalue weighted by Crippen LogP contribution is -2.63. The predicted molar refractivity (Wildman–Crippen MR) is 114 cm³/mol. The highest BCUT2D eigenvalue weighted by Crippen LogP contribution is 2.69. The van der Waals surface area contributed by atoms with Gasteiger partial charge in [0.25, 0.3) is 5.91 Å². The van der Waals surface area contributed by atoms with Gasteiger partial charge in [-0.15, -0.1) is 11.3 Å². The van der Waals surface area contributed by atoms with Gasteiger partial charge in [-0.05, 0) is 59.3 Å². The minimum Gasteiger partial charge on any atom is -0.321 e. The Labute approximate surface area is 169 Å². The molecule has 2 bridgehead atoms. The average molecular weight is 395 g/mol. The van der Waals surface area contributed by atoms with E-state index in [0.717, 1.165) is 22.2 Å². The molecule has 2 heterocycles. The maximum absolute atomic E-state index is 12.4. The van der Waals surface area contributed by atoms with Crippen molar-refractivity contribution in [1.29, 1.82) is 0 Å². The Morgan fingerprint density at radius 2 is 2.07 bits per heavy atom. The maximum atomic E-state index is 12.4. The molecule has 6 rings (SSSR count). The smallest absolute Gasteiger partial charge is 0.274 e. The van der Waals surface area contributed by atoms with E-state index in [0.29, 0.717) is 34.3 Å². The average Bonchev–Trinajstić information content (AvgIpc) is 3.24. The van der Waals surface area contributed by atoms with Crippen molar-refractivity contribution in [3.63, 3.8) is 0 Å². The fraction of sp³-hybridized carbons (Fsp3) is 0.500. The minimum atomic E-state index is -0.122. The molecule has 28 heavy (non-hydrogen) atoms. The molecule has 0 radical (unpaired) electrons. The van der Waals surface area contributed by atoms with E-state index in [4.69, 9.17) is 4.99 Å². The van der Waals surface area contributed by atoms with Crippen LogP contribution in [0.4, 0.5) is 0 Å². The number of thiazole rings is 1. The number of hydrogen-bond acceptors (Lipinski definition) is 4. The van der Waals surface area contributed by atoms with Crippen LogP contribution in [0.1, 0.15) is 46.1 Å². The number of fused-ring (bicyclic) bond motifs is 3. The number of benzene rings is 1. The first-order valence-corrected chi connectivity index (χ1v) is 10.9. The van der Waals surface area contributed by atoms with Gasteiger partial charge in [0.1, 0.15) is 5.70 Å². The lowest BCUT2D eigenvalue weighted by molar-refractivity contribution is -0.181. The molecule has 1 saturated heterocycles. The topological polar surface area (TPSA) is 66.4 Å². The third-order valence-corrected chi connectivity index (χ3v) is 8.54. The normalized spacial score (nSPS) is 36.4. The van der Waals surface area contributed by atoms with E-state index in [2.05, 4.69) is 49.4 Å². The van der Waals surface area contributed by atoms with Crippen LogP contribution < -0.4 is 10.6 Å². The second kappa shape index (κ2) is 5.89. The van der Waals surface area contributed by atoms with E-state index < -0.39 is 0 Å². The van der Waals surface area contributed by atoms with Crippen LogP contribution in [-0.2, 0) is 4.79 Å². The summed E-state index contributed by atoms with van der Waals surface area (Å²) in [6.07, 6.45) is 4.26. The summed E-state index contributed by atoms with van der Waals surface area (Å²) in [7, 11) is 0. The summed E-state index contributed by atoms with van der Waals surface area (Å²) >= 11 is 1.60. The van der Waals surface area contributed by atoms with Crippen molar-refractivity contribution in [1.82, 2.24) is 15.6 Å². The molecule has 0 spiro atoms. The second-order valence-electron chi connectivity index (χ2n) is 9.42. The van der Waals surface area contributed by atoms with Gasteiger partial charge in [-0.2, -0.15) is 0 Å². The Morgan fingerprint density at radius 1 is 1.25 bits per heavy atom. The Hall–Kier alpha value is -2.21. The van der Waals surface area contributed by atoms with E-state index >= 15 is 0 Å². The number of carbonyl (C=O) groups excluding carboxylic acids is 1. The van der Waals surface area contributed by atoms with Gasteiger partial charge in [-0.25, -0.2) is 9.98 Å². The zero-order valence-electron chi connectivity index (χ0n) is 16.7. The molecular formula is C22H26N4OS. The molecule has 1 amide bonds. The molecule has 2 aromatic rings. The van der Waals surface area contributed by atoms with Gasteiger partial charge in [-0.1, -0.05) is 33.8 Å². The molecule has 4 aliphatic rings. The van der Waals surface area contributed by atoms with Crippen molar-refractivity contribution in [2.75, 3.05) is 0 Å². The van der Waals surface area contributed by atoms with Gasteiger partial charge in [0.15, 0.2) is 0 Å². The molecule has 1 aromatic carbocycles. The number of aliphatic imine (C=N–C) groups is 1. The minimum absolute atomic E-state index is 0.122. The summed E-state index contributed by atoms with van der Waals surface area (Å²) in [6, 6.07) is 6.29. The molecule has 146 valence electrons. The van der Waals surface area contributed by atoms with Crippen molar-refractivity contribution in [3.05, 3.63) is 35.0 Å². The zero-order valence-corrected chi connectivity index (χ0v) is 17.6. The quantitative estimate of drug-likeness (QED) is 0.751. The van der Waals surface area contributed by atoms with Crippen molar-refractivity contribution >= 4 is 39.5 Å². The SMILES string of the molecule is C[C@@H]1[C@H]2C[C@@](C)(C[C@H]1N=C1NC(=O)/C(=C/c3ccc4ncsc4c3)N1)C2(C)C. The van der Waals surface area contributed by atoms with Crippen molar-refractivity contribution < 1.29 is 4.79 Å². The summed E-state index contributed by atoms with van der Waals surface area (Å²) in [6.45, 7) is 9.51. The lowest BCUT2D eigenvalue weighted by atomic mass is 9.37. The van der Waals surface area contributed by atoms with Gasteiger partial charge in [0, 0.05) is 0 Å². The third kappa shape index (κ3) is 2.54. The Kier molecular flexibility index (Phi) is 3.76. The second-order valence-corrected chi connectivity index (χ2v) is 10.3. The number of guanidine groups is 1. The van der Waals surface area contributed by atoms with Gasteiger partial charge in [0.2, 0.25) is 5.96 Å². The van der Waals surface area contributed by atoms with Gasteiger partial charge in [0.05, 0.1) is 21.8 Å². The Bertz CT molecular complexity index is 1040. The predicted octanol–water partition coefficient (Wildman–Crippen LogP) is 4.17. The number of rotatable bonds is 2. The summed E-state index contributed by atoms with van der Waals surface area (Å²) in [5.74, 6) is 1.71. The van der Waals surface area contributed by atoms with Crippen LogP contribution in [0.2, 0.25) is 0 Å². The summed E-state index contributed by atoms with van der Waals surface area (Å²) in [5.41, 5.74) is 5.09. The van der Waals surface area contributed by atoms with E-state index in [-0.39, 0.29) is 11.9 Å². The van der Waals surface area contributed by atoms with Crippen LogP contribution in [0.15, 0.2) is 34.4 Å². The van der Waals surface area contributed by atoms with Gasteiger partial charge in [-0.3, -0.25) is 10.1 Å². The number of nitrogens with one attached hydrogen (secondary N) is 2. The van der Waals surface area contributed by atoms with E-state index in [9.17, 15) is 4.79 Å². The Balaban J connectivity index is 1.36. The molecule has 0 unspecified atom stereocenters. The largest absolute Gasteiger partial charge is 0.321 e. The summed E-state index contributed by atoms with van der Waals surface area (Å²) < 4.78 is 1.12. The first-order chi connectivity index (χ1) is 13.3. The molecule has 3 saturated carbocycles. The fourth-order valence-electron chi connectivity index (χ4n) is 5.44. The number of amides is 1. The van der Waals surface area contributed by atoms with E-state index in [1.165, 1.54) is 6.42 Å². The molecule has 6 heteroatoms. The molecule has 1 aliphatic heterocycles. The molecule has 1 aromatic heterocycles. The van der Waals surface area contributed by atoms with Crippen LogP contribution >= 0.6 is 11.3 Å². The van der Waals surface area contributed by atoms with Crippen molar-refractivity contribution in [2.24, 2.45) is 27.7 Å². The maximum Gasteiger partial charge on any atom is 0.274 e. The van der Waals surface area contributed by atoms with Crippen LogP contribution in [0.3, 0.4) is 0 Å². The number of nitrogens with zero attached hydrogens (tertiary/aromatic N) is 2. The molecule has 4 fully saturated rings. The van der Waals surface area contributed by atoms with Crippen molar-refractivity contribution in [3.8, 4) is 0 Å². The molecular weight excluding hydrogens is 368 g/mol. The first-order valence-electron chi connectivity index (χ1n) is 9.98. The first kappa shape index (κ1) is 17.9. The zero-order chi connectivity index (χ0) is 19.7. The highest BCUT2D eigenvalue weighted by Gasteiger charge is 2.63. The third-order valence-electron chi connectivity index (χ3n) is 7.75. The fourth-order valence-corrected chi connectivity index (χ4v) is 6.16. The highest BCUT2D eigenvalue weighted by molar-refractivity contribution is 7.16. The molecule has 3 aliphatic carbocycles. The summed E-state index contributed by atoms with van der Waals surface area (Å²) in [4.78, 5) is 21.6. The van der Waals surface area contributed by atoms with Crippen LogP contribution in [0.25, 0.3) is 16.3 Å². The Morgan fingerprint density at radius 3 is 2.86 bits per heavy atom. The van der Waals surface area contributed by atoms with Crippen LogP contribution in [0.5, 0.6) is 0 Å². The van der Waals surface area contributed by atoms with E-state index in [1.807, 2.05) is 23.7 Å². The number of aromatic nitrogens is 1. The number of hydrogen-bond donors (Lipinski definition) is 2. The number of carbonyl (C=O) groups is 1. The molecule has 2 N–H and O–H groups in total. The van der Waals surface area contributed by atoms with Crippen LogP contribution in [-0.4, -0.2) is 22.9 Å².